The molecule has 8 aromatic carbocycles. The number of ether oxygens (including phenoxy) is 4. The first-order valence-electron chi connectivity index (χ1n) is 17.6. The number of fused-ring (bicyclic) bond motifs is 2. The Hall–Kier alpha value is -7.44. The first kappa shape index (κ1) is 32.5. The maximum absolute atomic E-state index is 6.44. The molecule has 0 amide bonds. The summed E-state index contributed by atoms with van der Waals surface area (Å²) < 4.78 is 25.7. The molecule has 9 aromatic rings. The van der Waals surface area contributed by atoms with Crippen molar-refractivity contribution in [3.8, 4) is 68.2 Å². The average molecular weight is 701 g/mol. The second-order valence-corrected chi connectivity index (χ2v) is 12.5. The molecule has 0 saturated heterocycles. The maximum Gasteiger partial charge on any atom is 0.139 e. The highest BCUT2D eigenvalue weighted by molar-refractivity contribution is 5.93. The van der Waals surface area contributed by atoms with Crippen LogP contribution >= 0.6 is 0 Å². The molecule has 54 heavy (non-hydrogen) atoms. The van der Waals surface area contributed by atoms with Gasteiger partial charge >= 0.3 is 0 Å². The van der Waals surface area contributed by atoms with Crippen LogP contribution in [0.3, 0.4) is 0 Å². The summed E-state index contributed by atoms with van der Waals surface area (Å²) in [6.07, 6.45) is 0. The Balaban J connectivity index is 1.13. The van der Waals surface area contributed by atoms with Gasteiger partial charge in [0.2, 0.25) is 0 Å². The Kier molecular flexibility index (Phi) is 8.81. The van der Waals surface area contributed by atoms with E-state index in [4.69, 9.17) is 28.9 Å². The van der Waals surface area contributed by atoms with Gasteiger partial charge in [0.15, 0.2) is 0 Å². The topological polar surface area (TPSA) is 62.7 Å². The van der Waals surface area contributed by atoms with Crippen molar-refractivity contribution in [2.45, 2.75) is 0 Å². The molecule has 0 unspecified atom stereocenters. The van der Waals surface area contributed by atoms with Crippen LogP contribution in [0.5, 0.6) is 46.0 Å². The molecule has 0 aliphatic heterocycles. The highest BCUT2D eigenvalue weighted by atomic mass is 16.5. The van der Waals surface area contributed by atoms with Crippen molar-refractivity contribution in [3.63, 3.8) is 0 Å². The number of hydrogen-bond acceptors (Lipinski definition) is 6. The first-order valence-corrected chi connectivity index (χ1v) is 17.6. The summed E-state index contributed by atoms with van der Waals surface area (Å²) in [7, 11) is 0. The summed E-state index contributed by atoms with van der Waals surface area (Å²) in [4.78, 5) is 10.2. The molecule has 1 heterocycles. The quantitative estimate of drug-likeness (QED) is 0.132. The van der Waals surface area contributed by atoms with E-state index >= 15 is 0 Å². The van der Waals surface area contributed by atoms with Crippen LogP contribution < -0.4 is 18.9 Å². The summed E-state index contributed by atoms with van der Waals surface area (Å²) in [6.45, 7) is 0. The molecule has 6 heteroatoms. The molecular formula is C48H32N2O4. The second kappa shape index (κ2) is 14.7. The molecule has 0 radical (unpaired) electrons. The van der Waals surface area contributed by atoms with Crippen molar-refractivity contribution in [3.05, 3.63) is 194 Å². The van der Waals surface area contributed by atoms with E-state index in [0.717, 1.165) is 67.3 Å². The lowest BCUT2D eigenvalue weighted by Gasteiger charge is -2.17. The fourth-order valence-corrected chi connectivity index (χ4v) is 6.38. The van der Waals surface area contributed by atoms with Gasteiger partial charge < -0.3 is 18.9 Å². The predicted molar refractivity (Wildman–Crippen MR) is 214 cm³/mol. The minimum Gasteiger partial charge on any atom is -0.457 e. The van der Waals surface area contributed by atoms with Crippen LogP contribution in [0.4, 0.5) is 0 Å². The molecule has 0 saturated carbocycles. The summed E-state index contributed by atoms with van der Waals surface area (Å²) >= 11 is 0. The standard InChI is InChI=1S/C48H32N2O4/c1-5-15-35(16-6-1)51-43-23-13-24-44(52-36-17-7-2-8-18-36)47(43)33-27-29-39-41(31-33)49-40-30-28-34(32-42(40)50-39)48-45(53-37-19-9-3-10-20-37)25-14-26-46(48)54-38-21-11-4-12-22-38/h1-32H. The largest absolute Gasteiger partial charge is 0.457 e. The van der Waals surface area contributed by atoms with E-state index in [9.17, 15) is 0 Å². The molecule has 9 rings (SSSR count). The molecule has 0 spiro atoms. The number of nitrogens with zero attached hydrogens (tertiary/aromatic N) is 2. The van der Waals surface area contributed by atoms with Gasteiger partial charge in [0.25, 0.3) is 0 Å². The molecule has 0 aliphatic carbocycles. The van der Waals surface area contributed by atoms with Crippen LogP contribution in [0.15, 0.2) is 194 Å². The molecular weight excluding hydrogens is 669 g/mol. The lowest BCUT2D eigenvalue weighted by Crippen LogP contribution is -1.95. The Morgan fingerprint density at radius 2 is 0.556 bits per heavy atom. The number of rotatable bonds is 10. The fourth-order valence-electron chi connectivity index (χ4n) is 6.38. The summed E-state index contributed by atoms with van der Waals surface area (Å²) in [6, 6.07) is 62.8. The minimum atomic E-state index is 0.664. The third-order valence-electron chi connectivity index (χ3n) is 8.87. The van der Waals surface area contributed by atoms with E-state index in [0.29, 0.717) is 23.0 Å². The normalized spacial score (nSPS) is 11.0. The molecule has 0 bridgehead atoms. The van der Waals surface area contributed by atoms with E-state index < -0.39 is 0 Å². The highest BCUT2D eigenvalue weighted by Gasteiger charge is 2.19. The lowest BCUT2D eigenvalue weighted by molar-refractivity contribution is 0.463. The molecule has 0 atom stereocenters. The van der Waals surface area contributed by atoms with Crippen molar-refractivity contribution < 1.29 is 18.9 Å². The smallest absolute Gasteiger partial charge is 0.139 e. The summed E-state index contributed by atoms with van der Waals surface area (Å²) in [5.74, 6) is 5.57. The van der Waals surface area contributed by atoms with Crippen molar-refractivity contribution >= 4 is 22.1 Å². The zero-order valence-corrected chi connectivity index (χ0v) is 29.0. The number of para-hydroxylation sites is 4. The third kappa shape index (κ3) is 6.92. The molecule has 6 nitrogen and oxygen atoms in total. The average Bonchev–Trinajstić information content (AvgIpc) is 3.21. The van der Waals surface area contributed by atoms with Crippen LogP contribution in [-0.4, -0.2) is 9.97 Å². The van der Waals surface area contributed by atoms with Gasteiger partial charge in [-0.3, -0.25) is 0 Å². The van der Waals surface area contributed by atoms with Crippen LogP contribution in [0.25, 0.3) is 44.3 Å². The van der Waals surface area contributed by atoms with Crippen molar-refractivity contribution in [2.24, 2.45) is 0 Å². The van der Waals surface area contributed by atoms with Crippen LogP contribution in [0, 0.1) is 0 Å². The van der Waals surface area contributed by atoms with Gasteiger partial charge in [-0.2, -0.15) is 0 Å². The van der Waals surface area contributed by atoms with Gasteiger partial charge in [-0.15, -0.1) is 0 Å². The predicted octanol–water partition coefficient (Wildman–Crippen LogP) is 13.3. The van der Waals surface area contributed by atoms with E-state index in [1.54, 1.807) is 0 Å². The van der Waals surface area contributed by atoms with Gasteiger partial charge in [0.05, 0.1) is 33.2 Å². The Morgan fingerprint density at radius 1 is 0.259 bits per heavy atom. The minimum absolute atomic E-state index is 0.664. The van der Waals surface area contributed by atoms with Crippen LogP contribution in [-0.2, 0) is 0 Å². The molecule has 0 N–H and O–H groups in total. The number of hydrogen-bond donors (Lipinski definition) is 0. The number of benzene rings is 8. The highest BCUT2D eigenvalue weighted by Crippen LogP contribution is 2.45. The second-order valence-electron chi connectivity index (χ2n) is 12.5. The van der Waals surface area contributed by atoms with E-state index in [1.807, 2.05) is 194 Å². The monoisotopic (exact) mass is 700 g/mol. The van der Waals surface area contributed by atoms with Gasteiger partial charge in [0, 0.05) is 0 Å². The summed E-state index contributed by atoms with van der Waals surface area (Å²) in [5.41, 5.74) is 6.40. The Bertz CT molecular complexity index is 2400. The van der Waals surface area contributed by atoms with Crippen LogP contribution in [0.2, 0.25) is 0 Å². The fraction of sp³-hybridized carbons (Fsp3) is 0. The van der Waals surface area contributed by atoms with E-state index in [-0.39, 0.29) is 0 Å². The van der Waals surface area contributed by atoms with E-state index in [1.165, 1.54) is 0 Å². The molecule has 0 fully saturated rings. The van der Waals surface area contributed by atoms with E-state index in [2.05, 4.69) is 0 Å². The third-order valence-corrected chi connectivity index (χ3v) is 8.87. The molecule has 258 valence electrons. The van der Waals surface area contributed by atoms with Crippen molar-refractivity contribution in [1.82, 2.24) is 9.97 Å². The van der Waals surface area contributed by atoms with Crippen molar-refractivity contribution in [2.75, 3.05) is 0 Å². The first-order chi connectivity index (χ1) is 26.7. The van der Waals surface area contributed by atoms with Gasteiger partial charge in [-0.1, -0.05) is 97.1 Å². The zero-order chi connectivity index (χ0) is 36.1. The number of aromatic nitrogens is 2. The summed E-state index contributed by atoms with van der Waals surface area (Å²) in [5, 5.41) is 0. The Labute approximate surface area is 312 Å². The van der Waals surface area contributed by atoms with Gasteiger partial charge in [-0.25, -0.2) is 9.97 Å². The van der Waals surface area contributed by atoms with Crippen molar-refractivity contribution in [1.29, 1.82) is 0 Å². The lowest BCUT2D eigenvalue weighted by atomic mass is 10.0. The SMILES string of the molecule is c1ccc(Oc2cccc(Oc3ccccc3)c2-c2ccc3nc4cc(-c5c(Oc6ccccc6)cccc5Oc5ccccc5)ccc4nc3c2)cc1. The van der Waals surface area contributed by atoms with Crippen LogP contribution in [0.1, 0.15) is 0 Å². The Morgan fingerprint density at radius 3 is 0.852 bits per heavy atom. The molecule has 0 aliphatic rings. The molecule has 1 aromatic heterocycles. The zero-order valence-electron chi connectivity index (χ0n) is 29.0. The van der Waals surface area contributed by atoms with Gasteiger partial charge in [-0.05, 0) is 108 Å². The maximum atomic E-state index is 6.44. The van der Waals surface area contributed by atoms with Gasteiger partial charge in [0.1, 0.15) is 46.0 Å².